The van der Waals surface area contributed by atoms with E-state index in [0.29, 0.717) is 0 Å². The first-order valence-corrected chi connectivity index (χ1v) is 3.58. The van der Waals surface area contributed by atoms with E-state index in [1.807, 2.05) is 0 Å². The van der Waals surface area contributed by atoms with Crippen LogP contribution in [0.2, 0.25) is 0 Å². The SMILES string of the molecule is FCS1(CF)NO1. The molecule has 7 heavy (non-hydrogen) atoms. The lowest BCUT2D eigenvalue weighted by Crippen LogP contribution is -1.87. The summed E-state index contributed by atoms with van der Waals surface area (Å²) in [5.74, 6) is 0. The molecule has 0 spiro atoms. The van der Waals surface area contributed by atoms with Gasteiger partial charge in [-0.15, -0.1) is 4.89 Å². The van der Waals surface area contributed by atoms with Crippen molar-refractivity contribution in [3.8, 4) is 0 Å². The van der Waals surface area contributed by atoms with Gasteiger partial charge in [-0.1, -0.05) is 0 Å². The van der Waals surface area contributed by atoms with Gasteiger partial charge in [-0.25, -0.2) is 13.1 Å². The van der Waals surface area contributed by atoms with Crippen molar-refractivity contribution in [3.63, 3.8) is 0 Å². The van der Waals surface area contributed by atoms with Crippen molar-refractivity contribution < 1.29 is 13.1 Å². The molecule has 0 unspecified atom stereocenters. The third kappa shape index (κ3) is 0.844. The van der Waals surface area contributed by atoms with Gasteiger partial charge in [0.25, 0.3) is 0 Å². The number of hydrogen-bond donors (Lipinski definition) is 1. The number of halogens is 2. The molecule has 5 heteroatoms. The molecule has 1 saturated heterocycles. The highest BCUT2D eigenvalue weighted by Gasteiger charge is 2.39. The Balaban J connectivity index is 2.28. The minimum atomic E-state index is -1.99. The van der Waals surface area contributed by atoms with E-state index in [2.05, 4.69) is 9.17 Å². The van der Waals surface area contributed by atoms with Crippen LogP contribution in [0.25, 0.3) is 0 Å². The fraction of sp³-hybridized carbons (Fsp3) is 1.00. The topological polar surface area (TPSA) is 34.5 Å². The van der Waals surface area contributed by atoms with E-state index >= 15 is 0 Å². The fourth-order valence-electron chi connectivity index (χ4n) is 0.166. The van der Waals surface area contributed by atoms with Crippen molar-refractivity contribution >= 4 is 10.5 Å². The van der Waals surface area contributed by atoms with Crippen LogP contribution >= 0.6 is 10.5 Å². The van der Waals surface area contributed by atoms with Crippen LogP contribution in [-0.2, 0) is 4.28 Å². The Bertz CT molecular complexity index is 70.1. The monoisotopic (exact) mass is 129 g/mol. The molecule has 2 nitrogen and oxygen atoms in total. The molecular formula is C2H5F2NOS. The van der Waals surface area contributed by atoms with Crippen molar-refractivity contribution in [3.05, 3.63) is 0 Å². The highest BCUT2D eigenvalue weighted by molar-refractivity contribution is 8.31. The van der Waals surface area contributed by atoms with Crippen LogP contribution in [0.4, 0.5) is 8.78 Å². The van der Waals surface area contributed by atoms with Gasteiger partial charge in [-0.2, -0.15) is 0 Å². The predicted molar refractivity (Wildman–Crippen MR) is 23.8 cm³/mol. The summed E-state index contributed by atoms with van der Waals surface area (Å²) in [5, 5.41) is 0. The summed E-state index contributed by atoms with van der Waals surface area (Å²) in [5.41, 5.74) is 0. The molecule has 0 aromatic carbocycles. The maximum absolute atomic E-state index is 11.4. The molecule has 0 aromatic heterocycles. The van der Waals surface area contributed by atoms with Crippen molar-refractivity contribution in [2.24, 2.45) is 0 Å². The minimum Gasteiger partial charge on any atom is -0.237 e. The Kier molecular flexibility index (Phi) is 1.18. The van der Waals surface area contributed by atoms with Crippen molar-refractivity contribution in [2.45, 2.75) is 0 Å². The van der Waals surface area contributed by atoms with Crippen LogP contribution in [0.3, 0.4) is 0 Å². The maximum atomic E-state index is 11.4. The van der Waals surface area contributed by atoms with Crippen LogP contribution < -0.4 is 4.89 Å². The van der Waals surface area contributed by atoms with Crippen molar-refractivity contribution in [1.29, 1.82) is 0 Å². The molecule has 1 fully saturated rings. The fourth-order valence-corrected chi connectivity index (χ4v) is 0.788. The number of alkyl halides is 2. The van der Waals surface area contributed by atoms with Crippen LogP contribution in [-0.4, -0.2) is 12.0 Å². The van der Waals surface area contributed by atoms with Gasteiger partial charge in [0.2, 0.25) is 0 Å². The van der Waals surface area contributed by atoms with E-state index in [1.165, 1.54) is 0 Å². The summed E-state index contributed by atoms with van der Waals surface area (Å²) in [6.45, 7) is 0. The molecule has 1 aliphatic rings. The maximum Gasteiger partial charge on any atom is 0.159 e. The predicted octanol–water partition coefficient (Wildman–Crippen LogP) is 1.01. The second kappa shape index (κ2) is 1.57. The summed E-state index contributed by atoms with van der Waals surface area (Å²) < 4.78 is 27.2. The lowest BCUT2D eigenvalue weighted by atomic mass is 11.8. The zero-order valence-electron chi connectivity index (χ0n) is 3.49. The Labute approximate surface area is 41.5 Å². The molecule has 0 atom stereocenters. The molecular weight excluding hydrogens is 124 g/mol. The molecule has 0 saturated carbocycles. The Morgan fingerprint density at radius 3 is 1.86 bits per heavy atom. The molecule has 0 radical (unpaired) electrons. The summed E-state index contributed by atoms with van der Waals surface area (Å²) in [6, 6.07) is -1.44. The third-order valence-corrected chi connectivity index (χ3v) is 2.01. The van der Waals surface area contributed by atoms with Crippen LogP contribution in [0, 0.1) is 0 Å². The molecule has 0 bridgehead atoms. The Morgan fingerprint density at radius 1 is 1.43 bits per heavy atom. The Hall–Kier alpha value is 0.130. The van der Waals surface area contributed by atoms with Gasteiger partial charge >= 0.3 is 0 Å². The quantitative estimate of drug-likeness (QED) is 0.564. The molecule has 1 N–H and O–H groups in total. The second-order valence-corrected chi connectivity index (χ2v) is 3.59. The highest BCUT2D eigenvalue weighted by atomic mass is 32.3. The van der Waals surface area contributed by atoms with Crippen molar-refractivity contribution in [2.75, 3.05) is 12.0 Å². The van der Waals surface area contributed by atoms with Gasteiger partial charge in [0.15, 0.2) is 12.0 Å². The van der Waals surface area contributed by atoms with Gasteiger partial charge in [0.1, 0.15) is 0 Å². The smallest absolute Gasteiger partial charge is 0.159 e. The summed E-state index contributed by atoms with van der Waals surface area (Å²) >= 11 is 0. The molecule has 0 aromatic rings. The lowest BCUT2D eigenvalue weighted by Gasteiger charge is -1.97. The summed E-state index contributed by atoms with van der Waals surface area (Å²) in [6.07, 6.45) is 0. The molecule has 1 rings (SSSR count). The third-order valence-electron chi connectivity index (χ3n) is 0.672. The van der Waals surface area contributed by atoms with Crippen molar-refractivity contribution in [1.82, 2.24) is 4.89 Å². The first-order chi connectivity index (χ1) is 3.33. The van der Waals surface area contributed by atoms with Gasteiger partial charge < -0.3 is 0 Å². The number of rotatable bonds is 2. The van der Waals surface area contributed by atoms with E-state index in [9.17, 15) is 8.78 Å². The van der Waals surface area contributed by atoms with E-state index < -0.39 is 22.5 Å². The van der Waals surface area contributed by atoms with E-state index in [-0.39, 0.29) is 0 Å². The number of hydrogen-bond acceptors (Lipinski definition) is 2. The minimum absolute atomic E-state index is 0.719. The van der Waals surface area contributed by atoms with E-state index in [0.717, 1.165) is 0 Å². The lowest BCUT2D eigenvalue weighted by molar-refractivity contribution is 0.458. The Morgan fingerprint density at radius 2 is 1.86 bits per heavy atom. The molecule has 1 heterocycles. The van der Waals surface area contributed by atoms with E-state index in [4.69, 9.17) is 0 Å². The molecule has 1 aliphatic heterocycles. The first kappa shape index (κ1) is 5.27. The van der Waals surface area contributed by atoms with Gasteiger partial charge in [0.05, 0.1) is 0 Å². The zero-order valence-corrected chi connectivity index (χ0v) is 4.30. The molecule has 44 valence electrons. The van der Waals surface area contributed by atoms with Crippen LogP contribution in [0.5, 0.6) is 0 Å². The largest absolute Gasteiger partial charge is 0.237 e. The average molecular weight is 129 g/mol. The molecule has 0 amide bonds. The highest BCUT2D eigenvalue weighted by Crippen LogP contribution is 2.56. The summed E-state index contributed by atoms with van der Waals surface area (Å²) in [4.78, 5) is 2.18. The van der Waals surface area contributed by atoms with Crippen LogP contribution in [0.15, 0.2) is 0 Å². The zero-order chi connectivity index (χ0) is 5.33. The van der Waals surface area contributed by atoms with Gasteiger partial charge in [0, 0.05) is 10.5 Å². The normalized spacial score (nSPS) is 29.4. The van der Waals surface area contributed by atoms with E-state index in [1.54, 1.807) is 0 Å². The number of nitrogens with one attached hydrogen (secondary N) is 1. The molecule has 0 aliphatic carbocycles. The summed E-state index contributed by atoms with van der Waals surface area (Å²) in [7, 11) is -1.99. The van der Waals surface area contributed by atoms with Crippen LogP contribution in [0.1, 0.15) is 0 Å². The standard InChI is InChI=1S/C2H5F2NOS/c3-1-7(2-4)5-6-7/h5H,1-2H2. The van der Waals surface area contributed by atoms with Gasteiger partial charge in [-0.05, 0) is 0 Å². The second-order valence-electron chi connectivity index (χ2n) is 1.20. The average Bonchev–Trinajstić information content (AvgIpc) is 2.46. The first-order valence-electron chi connectivity index (χ1n) is 1.69. The van der Waals surface area contributed by atoms with Gasteiger partial charge in [-0.3, -0.25) is 0 Å².